The number of fused-ring (bicyclic) bond motifs is 2. The molecule has 0 unspecified atom stereocenters. The van der Waals surface area contributed by atoms with Crippen molar-refractivity contribution in [1.29, 1.82) is 0 Å². The molecular formula is C24H31N3O. The first-order valence-electron chi connectivity index (χ1n) is 10.7. The number of carbonyl (C=O) groups is 1. The predicted octanol–water partition coefficient (Wildman–Crippen LogP) is 4.96. The number of urea groups is 1. The summed E-state index contributed by atoms with van der Waals surface area (Å²) in [7, 11) is 0. The van der Waals surface area contributed by atoms with Crippen LogP contribution in [0.2, 0.25) is 0 Å². The molecule has 2 aromatic rings. The Hall–Kier alpha value is -2.33. The maximum absolute atomic E-state index is 12.6. The first kappa shape index (κ1) is 19.0. The second kappa shape index (κ2) is 8.78. The highest BCUT2D eigenvalue weighted by atomic mass is 16.2. The van der Waals surface area contributed by atoms with Crippen molar-refractivity contribution < 1.29 is 4.79 Å². The Labute approximate surface area is 168 Å². The fraction of sp³-hybridized carbons (Fsp3) is 0.458. The Bertz CT molecular complexity index is 777. The van der Waals surface area contributed by atoms with Crippen LogP contribution in [0.4, 0.5) is 10.5 Å². The van der Waals surface area contributed by atoms with Gasteiger partial charge >= 0.3 is 6.03 Å². The minimum Gasteiger partial charge on any atom is -0.335 e. The number of hydrogen-bond donors (Lipinski definition) is 2. The molecule has 2 saturated heterocycles. The van der Waals surface area contributed by atoms with Crippen molar-refractivity contribution in [3.8, 4) is 0 Å². The van der Waals surface area contributed by atoms with Crippen molar-refractivity contribution in [3.63, 3.8) is 0 Å². The van der Waals surface area contributed by atoms with Gasteiger partial charge in [0.1, 0.15) is 0 Å². The van der Waals surface area contributed by atoms with Gasteiger partial charge in [-0.1, -0.05) is 61.9 Å². The lowest BCUT2D eigenvalue weighted by atomic mass is 9.81. The number of carbonyl (C=O) groups excluding carboxylic acids is 1. The summed E-state index contributed by atoms with van der Waals surface area (Å²) in [4.78, 5) is 15.3. The van der Waals surface area contributed by atoms with Crippen LogP contribution >= 0.6 is 0 Å². The van der Waals surface area contributed by atoms with Gasteiger partial charge in [0.25, 0.3) is 0 Å². The van der Waals surface area contributed by atoms with E-state index in [-0.39, 0.29) is 12.1 Å². The molecule has 0 aliphatic carbocycles. The van der Waals surface area contributed by atoms with Gasteiger partial charge in [0, 0.05) is 30.4 Å². The summed E-state index contributed by atoms with van der Waals surface area (Å²) in [5.74, 6) is 0. The van der Waals surface area contributed by atoms with Crippen molar-refractivity contribution >= 4 is 11.7 Å². The molecule has 2 N–H and O–H groups in total. The highest BCUT2D eigenvalue weighted by molar-refractivity contribution is 5.90. The minimum absolute atomic E-state index is 0.0690. The molecule has 0 aromatic heterocycles. The van der Waals surface area contributed by atoms with E-state index in [0.717, 1.165) is 31.5 Å². The molecule has 2 aromatic carbocycles. The molecule has 0 spiro atoms. The zero-order valence-corrected chi connectivity index (χ0v) is 16.7. The van der Waals surface area contributed by atoms with Crippen molar-refractivity contribution in [2.24, 2.45) is 0 Å². The van der Waals surface area contributed by atoms with Crippen LogP contribution in [-0.4, -0.2) is 29.1 Å². The van der Waals surface area contributed by atoms with Gasteiger partial charge in [-0.05, 0) is 49.3 Å². The third-order valence-corrected chi connectivity index (χ3v) is 6.32. The van der Waals surface area contributed by atoms with Crippen LogP contribution in [0, 0.1) is 0 Å². The fourth-order valence-corrected chi connectivity index (χ4v) is 4.94. The molecule has 2 aliphatic rings. The Balaban J connectivity index is 1.37. The summed E-state index contributed by atoms with van der Waals surface area (Å²) in [6.07, 6.45) is 6.80. The monoisotopic (exact) mass is 377 g/mol. The molecule has 2 aliphatic heterocycles. The quantitative estimate of drug-likeness (QED) is 0.774. The van der Waals surface area contributed by atoms with Gasteiger partial charge in [-0.2, -0.15) is 0 Å². The predicted molar refractivity (Wildman–Crippen MR) is 114 cm³/mol. The first-order chi connectivity index (χ1) is 13.7. The molecule has 4 heteroatoms. The summed E-state index contributed by atoms with van der Waals surface area (Å²) in [5.41, 5.74) is 3.48. The number of rotatable bonds is 5. The molecule has 2 fully saturated rings. The lowest BCUT2D eigenvalue weighted by molar-refractivity contribution is 0.0200. The number of piperidine rings is 2. The number of benzene rings is 2. The highest BCUT2D eigenvalue weighted by Crippen LogP contribution is 2.35. The largest absolute Gasteiger partial charge is 0.335 e. The molecule has 28 heavy (non-hydrogen) atoms. The van der Waals surface area contributed by atoms with Crippen LogP contribution in [0.15, 0.2) is 54.6 Å². The maximum Gasteiger partial charge on any atom is 0.319 e. The molecular weight excluding hydrogens is 346 g/mol. The zero-order valence-electron chi connectivity index (χ0n) is 16.7. The van der Waals surface area contributed by atoms with E-state index in [9.17, 15) is 4.79 Å². The van der Waals surface area contributed by atoms with Gasteiger partial charge < -0.3 is 10.6 Å². The molecule has 2 bridgehead atoms. The van der Waals surface area contributed by atoms with Crippen molar-refractivity contribution in [3.05, 3.63) is 65.7 Å². The normalized spacial score (nSPS) is 24.5. The van der Waals surface area contributed by atoms with Gasteiger partial charge in [0.15, 0.2) is 0 Å². The Morgan fingerprint density at radius 1 is 1.00 bits per heavy atom. The second-order valence-electron chi connectivity index (χ2n) is 8.17. The number of hydrogen-bond acceptors (Lipinski definition) is 2. The Morgan fingerprint density at radius 2 is 1.68 bits per heavy atom. The number of nitrogens with one attached hydrogen (secondary N) is 2. The van der Waals surface area contributed by atoms with E-state index >= 15 is 0 Å². The van der Waals surface area contributed by atoms with Crippen molar-refractivity contribution in [2.45, 2.75) is 70.1 Å². The van der Waals surface area contributed by atoms with Crippen LogP contribution < -0.4 is 10.6 Å². The first-order valence-corrected chi connectivity index (χ1v) is 10.7. The van der Waals surface area contributed by atoms with E-state index in [1.165, 1.54) is 30.4 Å². The van der Waals surface area contributed by atoms with Gasteiger partial charge in [0.2, 0.25) is 0 Å². The van der Waals surface area contributed by atoms with Gasteiger partial charge in [0.05, 0.1) is 0 Å². The number of para-hydroxylation sites is 1. The summed E-state index contributed by atoms with van der Waals surface area (Å²) in [6, 6.07) is 20.1. The summed E-state index contributed by atoms with van der Waals surface area (Å²) in [5, 5.41) is 6.32. The van der Waals surface area contributed by atoms with E-state index in [0.29, 0.717) is 12.1 Å². The fourth-order valence-electron chi connectivity index (χ4n) is 4.94. The third kappa shape index (κ3) is 4.39. The Kier molecular flexibility index (Phi) is 5.96. The summed E-state index contributed by atoms with van der Waals surface area (Å²) in [6.45, 7) is 3.14. The molecule has 2 heterocycles. The molecule has 148 valence electrons. The molecule has 4 rings (SSSR count). The Morgan fingerprint density at radius 3 is 2.39 bits per heavy atom. The van der Waals surface area contributed by atoms with Crippen LogP contribution in [0.25, 0.3) is 0 Å². The van der Waals surface area contributed by atoms with Gasteiger partial charge in [-0.25, -0.2) is 4.79 Å². The minimum atomic E-state index is -0.0690. The van der Waals surface area contributed by atoms with E-state index < -0.39 is 0 Å². The molecule has 0 saturated carbocycles. The summed E-state index contributed by atoms with van der Waals surface area (Å²) >= 11 is 0. The third-order valence-electron chi connectivity index (χ3n) is 6.32. The summed E-state index contributed by atoms with van der Waals surface area (Å²) < 4.78 is 0. The van der Waals surface area contributed by atoms with Crippen molar-refractivity contribution in [2.75, 3.05) is 5.32 Å². The van der Waals surface area contributed by atoms with E-state index in [1.807, 2.05) is 18.2 Å². The number of nitrogens with zero attached hydrogens (tertiary/aromatic N) is 1. The second-order valence-corrected chi connectivity index (χ2v) is 8.17. The van der Waals surface area contributed by atoms with Crippen LogP contribution in [0.1, 0.15) is 50.2 Å². The molecule has 0 radical (unpaired) electrons. The van der Waals surface area contributed by atoms with E-state index in [2.05, 4.69) is 58.9 Å². The average Bonchev–Trinajstić information content (AvgIpc) is 2.70. The standard InChI is InChI=1S/C24H31N3O/c1-2-19-11-6-7-14-23(19)26-24(28)25-20-15-21-12-8-13-22(16-20)27(21)17-18-9-4-3-5-10-18/h3-7,9-11,14,20-22H,2,8,12-13,15-17H2,1H3,(H2,25,26,28)/t21-,22-/m1/s1. The van der Waals surface area contributed by atoms with Gasteiger partial charge in [-0.3, -0.25) is 4.90 Å². The van der Waals surface area contributed by atoms with E-state index in [1.54, 1.807) is 0 Å². The van der Waals surface area contributed by atoms with E-state index in [4.69, 9.17) is 0 Å². The SMILES string of the molecule is CCc1ccccc1NC(=O)NC1C[C@H]2CCC[C@H](C1)N2Cc1ccccc1. The maximum atomic E-state index is 12.6. The molecule has 2 atom stereocenters. The van der Waals surface area contributed by atoms with Crippen LogP contribution in [0.3, 0.4) is 0 Å². The topological polar surface area (TPSA) is 44.4 Å². The lowest BCUT2D eigenvalue weighted by Gasteiger charge is -2.49. The van der Waals surface area contributed by atoms with Crippen molar-refractivity contribution in [1.82, 2.24) is 10.2 Å². The van der Waals surface area contributed by atoms with Crippen LogP contribution in [0.5, 0.6) is 0 Å². The molecule has 2 amide bonds. The number of anilines is 1. The van der Waals surface area contributed by atoms with Crippen LogP contribution in [-0.2, 0) is 13.0 Å². The van der Waals surface area contributed by atoms with Gasteiger partial charge in [-0.15, -0.1) is 0 Å². The zero-order chi connectivity index (χ0) is 19.3. The smallest absolute Gasteiger partial charge is 0.319 e. The number of aryl methyl sites for hydroxylation is 1. The number of amides is 2. The highest BCUT2D eigenvalue weighted by Gasteiger charge is 2.38. The molecule has 4 nitrogen and oxygen atoms in total. The average molecular weight is 378 g/mol. The lowest BCUT2D eigenvalue weighted by Crippen LogP contribution is -2.56.